The van der Waals surface area contributed by atoms with Crippen LogP contribution in [0.25, 0.3) is 5.65 Å². The molecule has 0 saturated carbocycles. The third-order valence-corrected chi connectivity index (χ3v) is 3.23. The van der Waals surface area contributed by atoms with Gasteiger partial charge in [-0.15, -0.1) is 0 Å². The van der Waals surface area contributed by atoms with Crippen molar-refractivity contribution in [3.05, 3.63) is 29.7 Å². The number of hydrogen-bond acceptors (Lipinski definition) is 5. The number of methoxy groups -OCH3 is 1. The fourth-order valence-corrected chi connectivity index (χ4v) is 2.30. The molecule has 0 radical (unpaired) electrons. The minimum absolute atomic E-state index is 0.194. The van der Waals surface area contributed by atoms with Crippen LogP contribution in [0.2, 0.25) is 0 Å². The summed E-state index contributed by atoms with van der Waals surface area (Å²) in [6.07, 6.45) is 3.01. The Hall–Kier alpha value is -1.95. The first kappa shape index (κ1) is 12.1. The van der Waals surface area contributed by atoms with Crippen LogP contribution in [0.1, 0.15) is 29.2 Å². The molecule has 6 heteroatoms. The number of carbonyl (C=O) groups excluding carboxylic acids is 1. The van der Waals surface area contributed by atoms with E-state index in [0.29, 0.717) is 23.6 Å². The van der Waals surface area contributed by atoms with E-state index in [2.05, 4.69) is 10.1 Å². The van der Waals surface area contributed by atoms with Gasteiger partial charge in [0.25, 0.3) is 0 Å². The summed E-state index contributed by atoms with van der Waals surface area (Å²) in [7, 11) is 1.35. The van der Waals surface area contributed by atoms with Gasteiger partial charge in [-0.2, -0.15) is 5.10 Å². The normalized spacial score (nSPS) is 18.9. The predicted molar refractivity (Wildman–Crippen MR) is 67.0 cm³/mol. The monoisotopic (exact) mass is 261 g/mol. The molecule has 19 heavy (non-hydrogen) atoms. The van der Waals surface area contributed by atoms with Crippen molar-refractivity contribution in [2.45, 2.75) is 25.4 Å². The van der Waals surface area contributed by atoms with E-state index in [4.69, 9.17) is 9.47 Å². The summed E-state index contributed by atoms with van der Waals surface area (Å²) in [5.41, 5.74) is 1.03. The Kier molecular flexibility index (Phi) is 3.16. The number of esters is 1. The van der Waals surface area contributed by atoms with E-state index in [0.717, 1.165) is 19.4 Å². The Morgan fingerprint density at radius 1 is 1.58 bits per heavy atom. The Balaban J connectivity index is 1.93. The van der Waals surface area contributed by atoms with Crippen LogP contribution in [0, 0.1) is 0 Å². The quantitative estimate of drug-likeness (QED) is 0.778. The topological polar surface area (TPSA) is 65.7 Å². The molecule has 1 atom stereocenters. The van der Waals surface area contributed by atoms with Crippen LogP contribution < -0.4 is 0 Å². The van der Waals surface area contributed by atoms with Crippen molar-refractivity contribution in [1.82, 2.24) is 14.6 Å². The number of rotatable bonds is 3. The fourth-order valence-electron chi connectivity index (χ4n) is 2.30. The van der Waals surface area contributed by atoms with Gasteiger partial charge in [-0.05, 0) is 25.0 Å². The minimum Gasteiger partial charge on any atom is -0.464 e. The molecule has 0 aliphatic carbocycles. The van der Waals surface area contributed by atoms with Crippen LogP contribution in [0.5, 0.6) is 0 Å². The van der Waals surface area contributed by atoms with Crippen molar-refractivity contribution in [1.29, 1.82) is 0 Å². The van der Waals surface area contributed by atoms with Gasteiger partial charge in [0.2, 0.25) is 0 Å². The summed E-state index contributed by atoms with van der Waals surface area (Å²) < 4.78 is 11.8. The Morgan fingerprint density at radius 2 is 2.47 bits per heavy atom. The molecule has 0 bridgehead atoms. The average molecular weight is 261 g/mol. The second-order valence-electron chi connectivity index (χ2n) is 4.54. The molecule has 2 aromatic rings. The molecule has 1 unspecified atom stereocenters. The largest absolute Gasteiger partial charge is 0.464 e. The maximum atomic E-state index is 11.6. The third kappa shape index (κ3) is 2.31. The zero-order valence-corrected chi connectivity index (χ0v) is 10.7. The molecule has 1 aliphatic heterocycles. The van der Waals surface area contributed by atoms with Crippen molar-refractivity contribution in [2.75, 3.05) is 13.7 Å². The van der Waals surface area contributed by atoms with Gasteiger partial charge in [0.1, 0.15) is 0 Å². The summed E-state index contributed by atoms with van der Waals surface area (Å²) in [5.74, 6) is 0.280. The number of aromatic nitrogens is 3. The van der Waals surface area contributed by atoms with Gasteiger partial charge in [0.15, 0.2) is 17.2 Å². The number of carbonyl (C=O) groups is 1. The minimum atomic E-state index is -0.417. The molecule has 100 valence electrons. The molecular formula is C13H15N3O3. The van der Waals surface area contributed by atoms with Crippen LogP contribution in [-0.2, 0) is 15.9 Å². The summed E-state index contributed by atoms with van der Waals surface area (Å²) >= 11 is 0. The van der Waals surface area contributed by atoms with Gasteiger partial charge in [-0.25, -0.2) is 14.3 Å². The highest BCUT2D eigenvalue weighted by Gasteiger charge is 2.19. The molecule has 0 aromatic carbocycles. The summed E-state index contributed by atoms with van der Waals surface area (Å²) in [6, 6.07) is 5.26. The first-order chi connectivity index (χ1) is 9.28. The van der Waals surface area contributed by atoms with Crippen molar-refractivity contribution < 1.29 is 14.3 Å². The van der Waals surface area contributed by atoms with Crippen LogP contribution in [0.4, 0.5) is 0 Å². The molecule has 2 aromatic heterocycles. The molecule has 0 N–H and O–H groups in total. The van der Waals surface area contributed by atoms with Gasteiger partial charge in [-0.1, -0.05) is 6.07 Å². The van der Waals surface area contributed by atoms with Crippen LogP contribution in [-0.4, -0.2) is 40.4 Å². The van der Waals surface area contributed by atoms with Crippen LogP contribution in [0.15, 0.2) is 18.2 Å². The van der Waals surface area contributed by atoms with Crippen molar-refractivity contribution in [3.63, 3.8) is 0 Å². The van der Waals surface area contributed by atoms with E-state index in [-0.39, 0.29) is 6.10 Å². The molecule has 3 rings (SSSR count). The van der Waals surface area contributed by atoms with E-state index in [9.17, 15) is 4.79 Å². The lowest BCUT2D eigenvalue weighted by molar-refractivity contribution is 0.0591. The number of ether oxygens (including phenoxy) is 2. The van der Waals surface area contributed by atoms with Crippen LogP contribution >= 0.6 is 0 Å². The highest BCUT2D eigenvalue weighted by Crippen LogP contribution is 2.16. The zero-order chi connectivity index (χ0) is 13.2. The Bertz CT molecular complexity index is 602. The van der Waals surface area contributed by atoms with E-state index in [1.54, 1.807) is 12.1 Å². The first-order valence-corrected chi connectivity index (χ1v) is 6.32. The van der Waals surface area contributed by atoms with Gasteiger partial charge >= 0.3 is 5.97 Å². The number of hydrogen-bond donors (Lipinski definition) is 0. The molecule has 1 saturated heterocycles. The standard InChI is InChI=1S/C13H15N3O3/c1-18-13(17)10-5-2-6-12-14-11(15-16(10)12)8-9-4-3-7-19-9/h2,5-6,9H,3-4,7-8H2,1H3. The second-order valence-corrected chi connectivity index (χ2v) is 4.54. The van der Waals surface area contributed by atoms with Gasteiger partial charge < -0.3 is 9.47 Å². The zero-order valence-electron chi connectivity index (χ0n) is 10.7. The molecular weight excluding hydrogens is 246 g/mol. The van der Waals surface area contributed by atoms with E-state index < -0.39 is 5.97 Å². The first-order valence-electron chi connectivity index (χ1n) is 6.32. The Morgan fingerprint density at radius 3 is 3.21 bits per heavy atom. The number of nitrogens with zero attached hydrogens (tertiary/aromatic N) is 3. The van der Waals surface area contributed by atoms with Crippen molar-refractivity contribution in [2.24, 2.45) is 0 Å². The SMILES string of the molecule is COC(=O)c1cccc2nc(CC3CCCO3)nn12. The molecule has 1 fully saturated rings. The molecule has 0 spiro atoms. The molecule has 3 heterocycles. The summed E-state index contributed by atoms with van der Waals surface area (Å²) in [6.45, 7) is 0.811. The maximum Gasteiger partial charge on any atom is 0.356 e. The summed E-state index contributed by atoms with van der Waals surface area (Å²) in [4.78, 5) is 16.1. The number of pyridine rings is 1. The summed E-state index contributed by atoms with van der Waals surface area (Å²) in [5, 5.41) is 4.37. The Labute approximate surface area is 110 Å². The lowest BCUT2D eigenvalue weighted by atomic mass is 10.2. The highest BCUT2D eigenvalue weighted by atomic mass is 16.5. The number of fused-ring (bicyclic) bond motifs is 1. The maximum absolute atomic E-state index is 11.6. The molecule has 1 aliphatic rings. The van der Waals surface area contributed by atoms with Gasteiger partial charge in [-0.3, -0.25) is 0 Å². The molecule has 0 amide bonds. The van der Waals surface area contributed by atoms with Gasteiger partial charge in [0, 0.05) is 13.0 Å². The smallest absolute Gasteiger partial charge is 0.356 e. The van der Waals surface area contributed by atoms with Crippen molar-refractivity contribution >= 4 is 11.6 Å². The van der Waals surface area contributed by atoms with Crippen LogP contribution in [0.3, 0.4) is 0 Å². The predicted octanol–water partition coefficient (Wildman–Crippen LogP) is 1.24. The van der Waals surface area contributed by atoms with E-state index >= 15 is 0 Å². The lowest BCUT2D eigenvalue weighted by Crippen LogP contribution is -2.11. The van der Waals surface area contributed by atoms with Crippen molar-refractivity contribution in [3.8, 4) is 0 Å². The fraction of sp³-hybridized carbons (Fsp3) is 0.462. The molecule has 6 nitrogen and oxygen atoms in total. The van der Waals surface area contributed by atoms with Gasteiger partial charge in [0.05, 0.1) is 13.2 Å². The average Bonchev–Trinajstić information content (AvgIpc) is 3.06. The van der Waals surface area contributed by atoms with E-state index in [1.165, 1.54) is 11.6 Å². The second kappa shape index (κ2) is 4.97. The lowest BCUT2D eigenvalue weighted by Gasteiger charge is -2.04. The highest BCUT2D eigenvalue weighted by molar-refractivity contribution is 5.88. The third-order valence-electron chi connectivity index (χ3n) is 3.23. The van der Waals surface area contributed by atoms with E-state index in [1.807, 2.05) is 6.07 Å².